The second kappa shape index (κ2) is 6.06. The van der Waals surface area contributed by atoms with Crippen molar-refractivity contribution < 1.29 is 5.11 Å². The van der Waals surface area contributed by atoms with Crippen LogP contribution in [0.5, 0.6) is 0 Å². The van der Waals surface area contributed by atoms with Crippen molar-refractivity contribution in [3.63, 3.8) is 0 Å². The molecule has 22 heavy (non-hydrogen) atoms. The van der Waals surface area contributed by atoms with Gasteiger partial charge < -0.3 is 5.11 Å². The van der Waals surface area contributed by atoms with Crippen LogP contribution in [0.1, 0.15) is 52.7 Å². The summed E-state index contributed by atoms with van der Waals surface area (Å²) in [5.74, 6) is 3.28. The summed E-state index contributed by atoms with van der Waals surface area (Å²) in [5, 5.41) is 11.0. The van der Waals surface area contributed by atoms with Gasteiger partial charge >= 0.3 is 0 Å². The molecule has 1 N–H and O–H groups in total. The van der Waals surface area contributed by atoms with E-state index in [0.717, 1.165) is 11.1 Å². The van der Waals surface area contributed by atoms with Crippen LogP contribution in [-0.2, 0) is 5.60 Å². The quantitative estimate of drug-likeness (QED) is 0.606. The van der Waals surface area contributed by atoms with Gasteiger partial charge in [-0.25, -0.2) is 0 Å². The van der Waals surface area contributed by atoms with Gasteiger partial charge in [-0.2, -0.15) is 0 Å². The van der Waals surface area contributed by atoms with Crippen LogP contribution in [0, 0.1) is 11.5 Å². The average molecular weight is 313 g/mol. The van der Waals surface area contributed by atoms with Crippen LogP contribution < -0.4 is 0 Å². The Morgan fingerprint density at radius 3 is 2.05 bits per heavy atom. The summed E-state index contributed by atoms with van der Waals surface area (Å²) in [7, 11) is -1.82. The Kier molecular flexibility index (Phi) is 4.70. The molecule has 1 aromatic rings. The molecule has 0 aliphatic heterocycles. The minimum Gasteiger partial charge on any atom is -0.370 e. The molecule has 0 bridgehead atoms. The molecule has 0 fully saturated rings. The molecule has 0 amide bonds. The van der Waals surface area contributed by atoms with Crippen molar-refractivity contribution in [2.75, 3.05) is 0 Å². The van der Waals surface area contributed by atoms with Gasteiger partial charge in [0.25, 0.3) is 0 Å². The lowest BCUT2D eigenvalue weighted by Gasteiger charge is -2.38. The smallest absolute Gasteiger partial charge is 0.170 e. The van der Waals surface area contributed by atoms with E-state index in [4.69, 9.17) is 0 Å². The zero-order valence-electron chi connectivity index (χ0n) is 14.6. The van der Waals surface area contributed by atoms with Crippen LogP contribution >= 0.6 is 0 Å². The normalized spacial score (nSPS) is 20.5. The number of benzene rings is 1. The molecule has 2 rings (SSSR count). The molecular formula is C20H28OSi. The van der Waals surface area contributed by atoms with Gasteiger partial charge in [-0.05, 0) is 28.3 Å². The Morgan fingerprint density at radius 2 is 1.50 bits per heavy atom. The third-order valence-electron chi connectivity index (χ3n) is 5.21. The highest BCUT2D eigenvalue weighted by atomic mass is 28.3. The fourth-order valence-electron chi connectivity index (χ4n) is 4.04. The van der Waals surface area contributed by atoms with E-state index in [1.165, 1.54) is 0 Å². The van der Waals surface area contributed by atoms with E-state index in [1.54, 1.807) is 0 Å². The molecule has 0 radical (unpaired) electrons. The van der Waals surface area contributed by atoms with Gasteiger partial charge in [0.1, 0.15) is 8.07 Å². The van der Waals surface area contributed by atoms with E-state index in [2.05, 4.69) is 53.0 Å². The Labute approximate surface area is 136 Å². The fraction of sp³-hybridized carbons (Fsp3) is 0.500. The Balaban J connectivity index is 2.50. The highest BCUT2D eigenvalue weighted by molar-refractivity contribution is 6.90. The van der Waals surface area contributed by atoms with Crippen molar-refractivity contribution in [2.45, 2.75) is 63.8 Å². The summed E-state index contributed by atoms with van der Waals surface area (Å²) < 4.78 is 0. The lowest BCUT2D eigenvalue weighted by atomic mass is 9.97. The van der Waals surface area contributed by atoms with Crippen LogP contribution in [0.15, 0.2) is 30.3 Å². The SMILES string of the molecule is CC(C)[Si](C#CC1(O)C=Cc2ccccc21)(C(C)C)C(C)C. The largest absolute Gasteiger partial charge is 0.370 e. The van der Waals surface area contributed by atoms with Gasteiger partial charge in [-0.1, -0.05) is 77.8 Å². The summed E-state index contributed by atoms with van der Waals surface area (Å²) in [6.45, 7) is 13.8. The van der Waals surface area contributed by atoms with Crippen LogP contribution in [0.4, 0.5) is 0 Å². The molecule has 0 aromatic heterocycles. The van der Waals surface area contributed by atoms with E-state index in [-0.39, 0.29) is 0 Å². The van der Waals surface area contributed by atoms with Crippen LogP contribution in [0.25, 0.3) is 6.08 Å². The Hall–Kier alpha value is -1.30. The van der Waals surface area contributed by atoms with Gasteiger partial charge in [-0.15, -0.1) is 5.54 Å². The summed E-state index contributed by atoms with van der Waals surface area (Å²) in [6.07, 6.45) is 3.82. The number of hydrogen-bond acceptors (Lipinski definition) is 1. The van der Waals surface area contributed by atoms with E-state index >= 15 is 0 Å². The van der Waals surface area contributed by atoms with E-state index < -0.39 is 13.7 Å². The number of aliphatic hydroxyl groups is 1. The molecule has 1 aliphatic carbocycles. The molecule has 1 unspecified atom stereocenters. The van der Waals surface area contributed by atoms with Crippen molar-refractivity contribution in [3.8, 4) is 11.5 Å². The molecule has 0 saturated carbocycles. The topological polar surface area (TPSA) is 20.2 Å². The molecule has 0 saturated heterocycles. The van der Waals surface area contributed by atoms with Gasteiger partial charge in [0.2, 0.25) is 0 Å². The third-order valence-corrected chi connectivity index (χ3v) is 11.5. The first-order valence-corrected chi connectivity index (χ1v) is 10.5. The van der Waals surface area contributed by atoms with Crippen LogP contribution in [0.3, 0.4) is 0 Å². The third kappa shape index (κ3) is 2.69. The van der Waals surface area contributed by atoms with E-state index in [1.807, 2.05) is 36.4 Å². The van der Waals surface area contributed by atoms with Crippen molar-refractivity contribution in [3.05, 3.63) is 41.5 Å². The lowest BCUT2D eigenvalue weighted by Crippen LogP contribution is -2.43. The summed E-state index contributed by atoms with van der Waals surface area (Å²) in [6, 6.07) is 7.98. The standard InChI is InChI=1S/C20H28OSi/c1-15(2)22(16(3)4,17(5)6)14-13-20(21)12-11-18-9-7-8-10-19(18)20/h7-12,15-17,21H,1-6H3. The van der Waals surface area contributed by atoms with Crippen molar-refractivity contribution in [1.82, 2.24) is 0 Å². The number of fused-ring (bicyclic) bond motifs is 1. The van der Waals surface area contributed by atoms with Crippen LogP contribution in [0.2, 0.25) is 16.6 Å². The second-order valence-corrected chi connectivity index (χ2v) is 12.9. The predicted octanol–water partition coefficient (Wildman–Crippen LogP) is 5.12. The van der Waals surface area contributed by atoms with Crippen molar-refractivity contribution in [2.24, 2.45) is 0 Å². The van der Waals surface area contributed by atoms with Crippen molar-refractivity contribution in [1.29, 1.82) is 0 Å². The minimum absolute atomic E-state index is 0.573. The molecule has 0 spiro atoms. The fourth-order valence-corrected chi connectivity index (χ4v) is 9.31. The first-order chi connectivity index (χ1) is 10.2. The first-order valence-electron chi connectivity index (χ1n) is 8.29. The van der Waals surface area contributed by atoms with Gasteiger partial charge in [0.05, 0.1) is 0 Å². The molecule has 1 atom stereocenters. The molecule has 118 valence electrons. The Morgan fingerprint density at radius 1 is 0.955 bits per heavy atom. The van der Waals surface area contributed by atoms with Gasteiger partial charge in [0.15, 0.2) is 5.60 Å². The van der Waals surface area contributed by atoms with Gasteiger partial charge in [-0.3, -0.25) is 0 Å². The monoisotopic (exact) mass is 312 g/mol. The molecule has 1 aromatic carbocycles. The zero-order valence-corrected chi connectivity index (χ0v) is 15.6. The summed E-state index contributed by atoms with van der Waals surface area (Å²) in [5.41, 5.74) is 6.24. The zero-order chi connectivity index (χ0) is 16.5. The molecular weight excluding hydrogens is 284 g/mol. The predicted molar refractivity (Wildman–Crippen MR) is 98.2 cm³/mol. The maximum Gasteiger partial charge on any atom is 0.170 e. The van der Waals surface area contributed by atoms with Crippen LogP contribution in [-0.4, -0.2) is 13.2 Å². The molecule has 0 heterocycles. The van der Waals surface area contributed by atoms with Crippen molar-refractivity contribution >= 4 is 14.1 Å². The molecule has 1 aliphatic rings. The Bertz CT molecular complexity index is 609. The average Bonchev–Trinajstić information content (AvgIpc) is 2.77. The van der Waals surface area contributed by atoms with E-state index in [9.17, 15) is 5.11 Å². The minimum atomic E-state index is -1.82. The maximum absolute atomic E-state index is 11.0. The highest BCUT2D eigenvalue weighted by Gasteiger charge is 2.42. The number of rotatable bonds is 3. The van der Waals surface area contributed by atoms with Gasteiger partial charge in [0, 0.05) is 5.56 Å². The lowest BCUT2D eigenvalue weighted by molar-refractivity contribution is 0.157. The first kappa shape index (κ1) is 17.1. The number of hydrogen-bond donors (Lipinski definition) is 1. The molecule has 1 nitrogen and oxygen atoms in total. The summed E-state index contributed by atoms with van der Waals surface area (Å²) in [4.78, 5) is 0. The molecule has 2 heteroatoms. The maximum atomic E-state index is 11.0. The summed E-state index contributed by atoms with van der Waals surface area (Å²) >= 11 is 0. The second-order valence-electron chi connectivity index (χ2n) is 7.33. The van der Waals surface area contributed by atoms with E-state index in [0.29, 0.717) is 16.6 Å². The highest BCUT2D eigenvalue weighted by Crippen LogP contribution is 2.41.